The third kappa shape index (κ3) is 3.69. The number of carbonyl (C=O) groups excluding carboxylic acids is 1. The van der Waals surface area contributed by atoms with E-state index in [4.69, 9.17) is 0 Å². The van der Waals surface area contributed by atoms with Gasteiger partial charge in [-0.15, -0.1) is 23.1 Å². The van der Waals surface area contributed by atoms with E-state index in [1.807, 2.05) is 17.5 Å². The maximum atomic E-state index is 12.3. The van der Waals surface area contributed by atoms with E-state index < -0.39 is 0 Å². The zero-order valence-corrected chi connectivity index (χ0v) is 13.1. The van der Waals surface area contributed by atoms with Crippen LogP contribution in [0.1, 0.15) is 15.9 Å². The van der Waals surface area contributed by atoms with Gasteiger partial charge < -0.3 is 0 Å². The summed E-state index contributed by atoms with van der Waals surface area (Å²) in [6.45, 7) is 0. The Bertz CT molecular complexity index is 747. The van der Waals surface area contributed by atoms with Gasteiger partial charge in [0.05, 0.1) is 5.56 Å². The van der Waals surface area contributed by atoms with Crippen molar-refractivity contribution in [1.29, 1.82) is 0 Å². The maximum Gasteiger partial charge on any atom is 0.260 e. The molecule has 3 heterocycles. The van der Waals surface area contributed by atoms with Crippen LogP contribution in [0, 0.1) is 0 Å². The summed E-state index contributed by atoms with van der Waals surface area (Å²) in [7, 11) is 0. The number of carbonyl (C=O) groups is 1. The van der Waals surface area contributed by atoms with Gasteiger partial charge in [-0.3, -0.25) is 15.1 Å². The molecule has 0 aliphatic rings. The Morgan fingerprint density at radius 3 is 2.77 bits per heavy atom. The van der Waals surface area contributed by atoms with Gasteiger partial charge in [-0.2, -0.15) is 0 Å². The SMILES string of the molecule is O=C(Nc1nccs1)c1cccnc1SCc1ccncc1. The van der Waals surface area contributed by atoms with Gasteiger partial charge in [0.25, 0.3) is 5.91 Å². The van der Waals surface area contributed by atoms with Gasteiger partial charge in [-0.25, -0.2) is 9.97 Å². The predicted molar refractivity (Wildman–Crippen MR) is 88.1 cm³/mol. The van der Waals surface area contributed by atoms with Gasteiger partial charge >= 0.3 is 0 Å². The molecule has 0 aromatic carbocycles. The van der Waals surface area contributed by atoms with Crippen molar-refractivity contribution in [2.24, 2.45) is 0 Å². The monoisotopic (exact) mass is 328 g/mol. The molecule has 0 aliphatic carbocycles. The fraction of sp³-hybridized carbons (Fsp3) is 0.0667. The van der Waals surface area contributed by atoms with Crippen molar-refractivity contribution >= 4 is 34.1 Å². The lowest BCUT2D eigenvalue weighted by molar-refractivity contribution is 0.102. The van der Waals surface area contributed by atoms with Crippen LogP contribution in [0.2, 0.25) is 0 Å². The van der Waals surface area contributed by atoms with E-state index in [1.54, 1.807) is 36.9 Å². The van der Waals surface area contributed by atoms with Crippen LogP contribution < -0.4 is 5.32 Å². The number of hydrogen-bond acceptors (Lipinski definition) is 6. The van der Waals surface area contributed by atoms with Crippen LogP contribution in [-0.2, 0) is 5.75 Å². The number of amides is 1. The number of thioether (sulfide) groups is 1. The molecule has 3 aromatic heterocycles. The highest BCUT2D eigenvalue weighted by Gasteiger charge is 2.13. The second-order valence-electron chi connectivity index (χ2n) is 4.29. The number of nitrogens with one attached hydrogen (secondary N) is 1. The van der Waals surface area contributed by atoms with Crippen molar-refractivity contribution in [2.75, 3.05) is 5.32 Å². The van der Waals surface area contributed by atoms with Crippen molar-refractivity contribution in [2.45, 2.75) is 10.8 Å². The lowest BCUT2D eigenvalue weighted by Crippen LogP contribution is -2.13. The van der Waals surface area contributed by atoms with Crippen LogP contribution in [0.15, 0.2) is 59.5 Å². The van der Waals surface area contributed by atoms with E-state index in [9.17, 15) is 4.79 Å². The van der Waals surface area contributed by atoms with Crippen LogP contribution >= 0.6 is 23.1 Å². The molecule has 0 radical (unpaired) electrons. The molecule has 5 nitrogen and oxygen atoms in total. The molecule has 0 spiro atoms. The summed E-state index contributed by atoms with van der Waals surface area (Å²) in [5.41, 5.74) is 1.69. The minimum atomic E-state index is -0.194. The molecule has 110 valence electrons. The molecular formula is C15H12N4OS2. The van der Waals surface area contributed by atoms with E-state index in [2.05, 4.69) is 20.3 Å². The molecule has 0 atom stereocenters. The fourth-order valence-corrected chi connectivity index (χ4v) is 3.23. The Morgan fingerprint density at radius 2 is 2.00 bits per heavy atom. The first-order chi connectivity index (χ1) is 10.8. The zero-order chi connectivity index (χ0) is 15.2. The molecule has 0 fully saturated rings. The van der Waals surface area contributed by atoms with E-state index in [1.165, 1.54) is 23.1 Å². The standard InChI is InChI=1S/C15H12N4OS2/c20-13(19-15-18-8-9-21-15)12-2-1-5-17-14(12)22-10-11-3-6-16-7-4-11/h1-9H,10H2,(H,18,19,20). The quantitative estimate of drug-likeness (QED) is 0.726. The van der Waals surface area contributed by atoms with Gasteiger partial charge in [-0.1, -0.05) is 0 Å². The molecule has 3 rings (SSSR count). The lowest BCUT2D eigenvalue weighted by Gasteiger charge is -2.07. The highest BCUT2D eigenvalue weighted by molar-refractivity contribution is 7.98. The molecule has 0 bridgehead atoms. The molecule has 0 unspecified atom stereocenters. The summed E-state index contributed by atoms with van der Waals surface area (Å²) < 4.78 is 0. The Labute approximate surface area is 135 Å². The van der Waals surface area contributed by atoms with Gasteiger partial charge in [-0.05, 0) is 29.8 Å². The van der Waals surface area contributed by atoms with Crippen molar-refractivity contribution < 1.29 is 4.79 Å². The molecule has 0 saturated heterocycles. The Morgan fingerprint density at radius 1 is 1.14 bits per heavy atom. The predicted octanol–water partition coefficient (Wildman–Crippen LogP) is 3.48. The van der Waals surface area contributed by atoms with E-state index in [-0.39, 0.29) is 5.91 Å². The summed E-state index contributed by atoms with van der Waals surface area (Å²) in [5, 5.41) is 5.88. The third-order valence-electron chi connectivity index (χ3n) is 2.79. The number of hydrogen-bond donors (Lipinski definition) is 1. The molecule has 3 aromatic rings. The van der Waals surface area contributed by atoms with Crippen molar-refractivity contribution in [1.82, 2.24) is 15.0 Å². The molecule has 1 amide bonds. The molecule has 0 saturated carbocycles. The lowest BCUT2D eigenvalue weighted by atomic mass is 10.3. The number of nitrogens with zero attached hydrogens (tertiary/aromatic N) is 3. The number of aromatic nitrogens is 3. The van der Waals surface area contributed by atoms with Gasteiger partial charge in [0.15, 0.2) is 5.13 Å². The number of rotatable bonds is 5. The highest BCUT2D eigenvalue weighted by Crippen LogP contribution is 2.25. The molecule has 1 N–H and O–H groups in total. The van der Waals surface area contributed by atoms with Crippen LogP contribution in [0.3, 0.4) is 0 Å². The maximum absolute atomic E-state index is 12.3. The summed E-state index contributed by atoms with van der Waals surface area (Å²) in [4.78, 5) is 24.7. The van der Waals surface area contributed by atoms with Crippen molar-refractivity contribution in [3.63, 3.8) is 0 Å². The van der Waals surface area contributed by atoms with Gasteiger partial charge in [0.1, 0.15) is 5.03 Å². The first-order valence-corrected chi connectivity index (χ1v) is 8.37. The Balaban J connectivity index is 1.73. The second-order valence-corrected chi connectivity index (χ2v) is 6.15. The topological polar surface area (TPSA) is 67.8 Å². The highest BCUT2D eigenvalue weighted by atomic mass is 32.2. The van der Waals surface area contributed by atoms with Gasteiger partial charge in [0.2, 0.25) is 0 Å². The van der Waals surface area contributed by atoms with Crippen molar-refractivity contribution in [3.05, 3.63) is 65.6 Å². The minimum absolute atomic E-state index is 0.194. The summed E-state index contributed by atoms with van der Waals surface area (Å²) in [5.74, 6) is 0.539. The molecule has 0 aliphatic heterocycles. The van der Waals surface area contributed by atoms with E-state index in [0.29, 0.717) is 15.7 Å². The van der Waals surface area contributed by atoms with E-state index >= 15 is 0 Å². The van der Waals surface area contributed by atoms with Crippen LogP contribution in [0.25, 0.3) is 0 Å². The second kappa shape index (κ2) is 7.15. The molecule has 7 heteroatoms. The third-order valence-corrected chi connectivity index (χ3v) is 4.56. The first-order valence-electron chi connectivity index (χ1n) is 6.50. The zero-order valence-electron chi connectivity index (χ0n) is 11.5. The Kier molecular flexibility index (Phi) is 4.77. The number of thiazole rings is 1. The average Bonchev–Trinajstić information content (AvgIpc) is 3.07. The normalized spacial score (nSPS) is 10.4. The van der Waals surface area contributed by atoms with Gasteiger partial charge in [0, 0.05) is 35.9 Å². The van der Waals surface area contributed by atoms with E-state index in [0.717, 1.165) is 11.3 Å². The van der Waals surface area contributed by atoms with Crippen LogP contribution in [0.5, 0.6) is 0 Å². The van der Waals surface area contributed by atoms with Crippen LogP contribution in [0.4, 0.5) is 5.13 Å². The average molecular weight is 328 g/mol. The number of anilines is 1. The van der Waals surface area contributed by atoms with Crippen LogP contribution in [-0.4, -0.2) is 20.9 Å². The van der Waals surface area contributed by atoms with Crippen molar-refractivity contribution in [3.8, 4) is 0 Å². The first kappa shape index (κ1) is 14.7. The largest absolute Gasteiger partial charge is 0.298 e. The summed E-state index contributed by atoms with van der Waals surface area (Å²) in [6.07, 6.45) is 6.85. The molecule has 22 heavy (non-hydrogen) atoms. The summed E-state index contributed by atoms with van der Waals surface area (Å²) >= 11 is 2.91. The smallest absolute Gasteiger partial charge is 0.260 e. The fourth-order valence-electron chi connectivity index (χ4n) is 1.76. The summed E-state index contributed by atoms with van der Waals surface area (Å²) in [6, 6.07) is 7.43. The molecular weight excluding hydrogens is 316 g/mol. The number of pyridine rings is 2. The Hall–Kier alpha value is -2.25. The minimum Gasteiger partial charge on any atom is -0.298 e.